The molecule has 1 aromatic carbocycles. The van der Waals surface area contributed by atoms with Gasteiger partial charge in [-0.1, -0.05) is 23.2 Å². The number of carbonyl (C=O) groups is 1. The smallest absolute Gasteiger partial charge is 0.335 e. The van der Waals surface area contributed by atoms with Crippen molar-refractivity contribution >= 4 is 29.2 Å². The lowest BCUT2D eigenvalue weighted by Gasteiger charge is -2.05. The van der Waals surface area contributed by atoms with Crippen molar-refractivity contribution in [2.75, 3.05) is 0 Å². The zero-order valence-corrected chi connectivity index (χ0v) is 10.4. The number of benzene rings is 1. The predicted molar refractivity (Wildman–Crippen MR) is 69.5 cm³/mol. The highest BCUT2D eigenvalue weighted by atomic mass is 35.5. The first-order valence-electron chi connectivity index (χ1n) is 4.90. The lowest BCUT2D eigenvalue weighted by molar-refractivity contribution is 0.0696. The number of rotatable bonds is 2. The van der Waals surface area contributed by atoms with Gasteiger partial charge in [0, 0.05) is 16.7 Å². The molecule has 4 nitrogen and oxygen atoms in total. The molecule has 1 heterocycles. The van der Waals surface area contributed by atoms with Crippen molar-refractivity contribution in [3.05, 3.63) is 56.3 Å². The van der Waals surface area contributed by atoms with Crippen LogP contribution in [0.3, 0.4) is 0 Å². The largest absolute Gasteiger partial charge is 0.478 e. The molecule has 2 aromatic rings. The van der Waals surface area contributed by atoms with Gasteiger partial charge in [-0.2, -0.15) is 0 Å². The molecule has 0 amide bonds. The summed E-state index contributed by atoms with van der Waals surface area (Å²) in [5, 5.41) is 9.68. The van der Waals surface area contributed by atoms with Gasteiger partial charge in [0.05, 0.1) is 16.3 Å². The van der Waals surface area contributed by atoms with E-state index in [-0.39, 0.29) is 5.56 Å². The summed E-state index contributed by atoms with van der Waals surface area (Å²) in [6.07, 6.45) is 0. The number of carboxylic acid groups (broad SMARTS) is 1. The monoisotopic (exact) mass is 283 g/mol. The molecule has 0 unspecified atom stereocenters. The molecule has 0 bridgehead atoms. The number of halogens is 2. The topological polar surface area (TPSA) is 70.2 Å². The predicted octanol–water partition coefficient (Wildman–Crippen LogP) is 3.05. The molecule has 0 aliphatic heterocycles. The molecule has 0 saturated carbocycles. The van der Waals surface area contributed by atoms with E-state index in [0.29, 0.717) is 21.3 Å². The van der Waals surface area contributed by atoms with Crippen LogP contribution < -0.4 is 5.56 Å². The maximum absolute atomic E-state index is 11.4. The summed E-state index contributed by atoms with van der Waals surface area (Å²) in [5.74, 6) is -1.17. The Morgan fingerprint density at radius 1 is 1.17 bits per heavy atom. The van der Waals surface area contributed by atoms with Crippen LogP contribution in [0.1, 0.15) is 10.4 Å². The number of hydrogen-bond donors (Lipinski definition) is 2. The molecular weight excluding hydrogens is 277 g/mol. The van der Waals surface area contributed by atoms with E-state index in [1.165, 1.54) is 12.1 Å². The molecule has 1 aromatic heterocycles. The summed E-state index contributed by atoms with van der Waals surface area (Å²) in [6, 6.07) is 7.09. The Balaban J connectivity index is 2.64. The number of aromatic amines is 1. The normalized spacial score (nSPS) is 10.3. The fourth-order valence-corrected chi connectivity index (χ4v) is 2.03. The Morgan fingerprint density at radius 2 is 1.89 bits per heavy atom. The second kappa shape index (κ2) is 4.84. The number of aromatic nitrogens is 1. The van der Waals surface area contributed by atoms with E-state index in [2.05, 4.69) is 4.98 Å². The second-order valence-electron chi connectivity index (χ2n) is 3.58. The zero-order chi connectivity index (χ0) is 13.3. The van der Waals surface area contributed by atoms with E-state index >= 15 is 0 Å². The van der Waals surface area contributed by atoms with Crippen LogP contribution in [-0.4, -0.2) is 16.1 Å². The molecule has 0 spiro atoms. The van der Waals surface area contributed by atoms with E-state index in [1.807, 2.05) is 0 Å². The number of pyridine rings is 1. The van der Waals surface area contributed by atoms with Crippen molar-refractivity contribution < 1.29 is 9.90 Å². The first kappa shape index (κ1) is 12.7. The molecule has 92 valence electrons. The Morgan fingerprint density at radius 3 is 2.50 bits per heavy atom. The third-order valence-electron chi connectivity index (χ3n) is 2.31. The quantitative estimate of drug-likeness (QED) is 0.890. The first-order valence-corrected chi connectivity index (χ1v) is 5.66. The number of carboxylic acids is 1. The fourth-order valence-electron chi connectivity index (χ4n) is 1.52. The summed E-state index contributed by atoms with van der Waals surface area (Å²) in [5.41, 5.74) is 0.249. The molecule has 2 rings (SSSR count). The standard InChI is InChI=1S/C12H7Cl2NO3/c13-7-1-2-8(9(14)5-7)10-3-6(12(17)18)4-11(16)15-10/h1-5H,(H,15,16)(H,17,18). The van der Waals surface area contributed by atoms with Gasteiger partial charge < -0.3 is 10.1 Å². The van der Waals surface area contributed by atoms with Crippen LogP contribution in [0.4, 0.5) is 0 Å². The SMILES string of the molecule is O=C(O)c1cc(-c2ccc(Cl)cc2Cl)[nH]c(=O)c1. The van der Waals surface area contributed by atoms with Crippen LogP contribution in [0.2, 0.25) is 10.0 Å². The van der Waals surface area contributed by atoms with Gasteiger partial charge in [0.2, 0.25) is 5.56 Å². The minimum absolute atomic E-state index is 0.0974. The molecular formula is C12H7Cl2NO3. The van der Waals surface area contributed by atoms with Crippen molar-refractivity contribution in [3.8, 4) is 11.3 Å². The maximum atomic E-state index is 11.4. The molecule has 2 N–H and O–H groups in total. The van der Waals surface area contributed by atoms with Crippen molar-refractivity contribution in [3.63, 3.8) is 0 Å². The van der Waals surface area contributed by atoms with E-state index in [1.54, 1.807) is 12.1 Å². The molecule has 0 fully saturated rings. The van der Waals surface area contributed by atoms with E-state index in [9.17, 15) is 9.59 Å². The van der Waals surface area contributed by atoms with Gasteiger partial charge in [0.15, 0.2) is 0 Å². The highest BCUT2D eigenvalue weighted by Crippen LogP contribution is 2.28. The van der Waals surface area contributed by atoms with Crippen molar-refractivity contribution in [1.82, 2.24) is 4.98 Å². The molecule has 0 radical (unpaired) electrons. The lowest BCUT2D eigenvalue weighted by atomic mass is 10.1. The minimum Gasteiger partial charge on any atom is -0.478 e. The van der Waals surface area contributed by atoms with E-state index < -0.39 is 11.5 Å². The van der Waals surface area contributed by atoms with Gasteiger partial charge >= 0.3 is 5.97 Å². The summed E-state index contributed by atoms with van der Waals surface area (Å²) in [4.78, 5) is 24.8. The molecule has 6 heteroatoms. The fraction of sp³-hybridized carbons (Fsp3) is 0. The molecule has 0 saturated heterocycles. The maximum Gasteiger partial charge on any atom is 0.335 e. The molecule has 18 heavy (non-hydrogen) atoms. The molecule has 0 atom stereocenters. The van der Waals surface area contributed by atoms with E-state index in [0.717, 1.165) is 6.07 Å². The van der Waals surface area contributed by atoms with Crippen LogP contribution in [0.5, 0.6) is 0 Å². The van der Waals surface area contributed by atoms with Crippen LogP contribution >= 0.6 is 23.2 Å². The van der Waals surface area contributed by atoms with Crippen molar-refractivity contribution in [2.45, 2.75) is 0 Å². The zero-order valence-electron chi connectivity index (χ0n) is 8.91. The van der Waals surface area contributed by atoms with Crippen LogP contribution in [0.25, 0.3) is 11.3 Å². The minimum atomic E-state index is -1.17. The Hall–Kier alpha value is -1.78. The van der Waals surface area contributed by atoms with Crippen LogP contribution in [0.15, 0.2) is 35.1 Å². The van der Waals surface area contributed by atoms with Crippen molar-refractivity contribution in [2.24, 2.45) is 0 Å². The van der Waals surface area contributed by atoms with Crippen LogP contribution in [0, 0.1) is 0 Å². The van der Waals surface area contributed by atoms with Gasteiger partial charge in [-0.15, -0.1) is 0 Å². The van der Waals surface area contributed by atoms with Gasteiger partial charge in [0.25, 0.3) is 0 Å². The summed E-state index contributed by atoms with van der Waals surface area (Å²) in [7, 11) is 0. The van der Waals surface area contributed by atoms with Gasteiger partial charge in [-0.05, 0) is 24.3 Å². The number of hydrogen-bond acceptors (Lipinski definition) is 2. The Bertz CT molecular complexity index is 679. The van der Waals surface area contributed by atoms with Crippen LogP contribution in [-0.2, 0) is 0 Å². The lowest BCUT2D eigenvalue weighted by Crippen LogP contribution is -2.10. The van der Waals surface area contributed by atoms with Gasteiger partial charge in [-0.25, -0.2) is 4.79 Å². The highest BCUT2D eigenvalue weighted by Gasteiger charge is 2.10. The third kappa shape index (κ3) is 2.55. The van der Waals surface area contributed by atoms with E-state index in [4.69, 9.17) is 28.3 Å². The number of aromatic carboxylic acids is 1. The highest BCUT2D eigenvalue weighted by molar-refractivity contribution is 6.36. The molecule has 0 aliphatic rings. The summed E-state index contributed by atoms with van der Waals surface area (Å²) < 4.78 is 0. The third-order valence-corrected chi connectivity index (χ3v) is 2.86. The number of nitrogens with one attached hydrogen (secondary N) is 1. The first-order chi connectivity index (χ1) is 8.47. The van der Waals surface area contributed by atoms with Gasteiger partial charge in [-0.3, -0.25) is 4.79 Å². The van der Waals surface area contributed by atoms with Crippen molar-refractivity contribution in [1.29, 1.82) is 0 Å². The number of H-pyrrole nitrogens is 1. The second-order valence-corrected chi connectivity index (χ2v) is 4.42. The summed E-state index contributed by atoms with van der Waals surface area (Å²) >= 11 is 11.8. The average molecular weight is 284 g/mol. The van der Waals surface area contributed by atoms with Gasteiger partial charge in [0.1, 0.15) is 0 Å². The average Bonchev–Trinajstić information content (AvgIpc) is 2.27. The Labute approximate surface area is 112 Å². The summed E-state index contributed by atoms with van der Waals surface area (Å²) in [6.45, 7) is 0. The molecule has 0 aliphatic carbocycles. The Kier molecular flexibility index (Phi) is 3.41.